The Kier molecular flexibility index (Phi) is 4.72. The topological polar surface area (TPSA) is 38.0 Å². The molecule has 2 heteroatoms. The highest BCUT2D eigenvalue weighted by Crippen LogP contribution is 2.28. The van der Waals surface area contributed by atoms with Gasteiger partial charge in [0.1, 0.15) is 0 Å². The van der Waals surface area contributed by atoms with E-state index in [4.69, 9.17) is 5.73 Å². The van der Waals surface area contributed by atoms with Crippen LogP contribution in [0.25, 0.3) is 0 Å². The molecule has 0 bridgehead atoms. The minimum Gasteiger partial charge on any atom is -0.329 e. The van der Waals surface area contributed by atoms with Crippen LogP contribution in [-0.4, -0.2) is 19.6 Å². The lowest BCUT2D eigenvalue weighted by Gasteiger charge is -2.29. The quantitative estimate of drug-likeness (QED) is 0.768. The maximum Gasteiger partial charge on any atom is 0.00748 e. The van der Waals surface area contributed by atoms with Crippen molar-refractivity contribution in [2.75, 3.05) is 19.6 Å². The normalized spacial score (nSPS) is 11.9. The van der Waals surface area contributed by atoms with Gasteiger partial charge in [-0.2, -0.15) is 0 Å². The zero-order chi connectivity index (χ0) is 13.1. The van der Waals surface area contributed by atoms with Crippen LogP contribution in [0.5, 0.6) is 0 Å². The molecule has 0 aliphatic heterocycles. The van der Waals surface area contributed by atoms with Crippen LogP contribution in [0.1, 0.15) is 36.1 Å². The molecule has 0 amide bonds. The van der Waals surface area contributed by atoms with Crippen molar-refractivity contribution < 1.29 is 0 Å². The number of hydrogen-bond donors (Lipinski definition) is 2. The summed E-state index contributed by atoms with van der Waals surface area (Å²) in [7, 11) is 0. The van der Waals surface area contributed by atoms with Gasteiger partial charge in [-0.25, -0.2) is 0 Å². The summed E-state index contributed by atoms with van der Waals surface area (Å²) >= 11 is 0. The Balaban J connectivity index is 2.94. The summed E-state index contributed by atoms with van der Waals surface area (Å²) in [5, 5.41) is 3.41. The summed E-state index contributed by atoms with van der Waals surface area (Å²) < 4.78 is 0. The van der Waals surface area contributed by atoms with Gasteiger partial charge < -0.3 is 11.1 Å². The summed E-state index contributed by atoms with van der Waals surface area (Å²) in [6, 6.07) is 4.49. The van der Waals surface area contributed by atoms with E-state index in [9.17, 15) is 0 Å². The summed E-state index contributed by atoms with van der Waals surface area (Å²) in [5.74, 6) is 0. The number of nitrogens with one attached hydrogen (secondary N) is 1. The lowest BCUT2D eigenvalue weighted by Crippen LogP contribution is -2.36. The van der Waals surface area contributed by atoms with Crippen LogP contribution in [0.3, 0.4) is 0 Å². The fraction of sp³-hybridized carbons (Fsp3) is 0.600. The van der Waals surface area contributed by atoms with E-state index >= 15 is 0 Å². The molecule has 0 aliphatic rings. The summed E-state index contributed by atoms with van der Waals surface area (Å²) in [5.41, 5.74) is 11.3. The molecule has 0 fully saturated rings. The average molecular weight is 234 g/mol. The van der Waals surface area contributed by atoms with E-state index in [1.165, 1.54) is 22.3 Å². The average Bonchev–Trinajstić information content (AvgIpc) is 2.26. The third-order valence-corrected chi connectivity index (χ3v) is 3.68. The van der Waals surface area contributed by atoms with Gasteiger partial charge >= 0.3 is 0 Å². The summed E-state index contributed by atoms with van der Waals surface area (Å²) in [6.07, 6.45) is 0. The Labute approximate surface area is 106 Å². The van der Waals surface area contributed by atoms with Gasteiger partial charge in [0.25, 0.3) is 0 Å². The van der Waals surface area contributed by atoms with Crippen molar-refractivity contribution in [3.05, 3.63) is 34.4 Å². The first-order valence-electron chi connectivity index (χ1n) is 6.38. The molecule has 1 aromatic rings. The van der Waals surface area contributed by atoms with E-state index in [1.807, 2.05) is 0 Å². The van der Waals surface area contributed by atoms with Crippen molar-refractivity contribution in [3.63, 3.8) is 0 Å². The molecule has 0 atom stereocenters. The van der Waals surface area contributed by atoms with Gasteiger partial charge in [0, 0.05) is 25.0 Å². The zero-order valence-corrected chi connectivity index (χ0v) is 11.9. The summed E-state index contributed by atoms with van der Waals surface area (Å²) in [6.45, 7) is 13.7. The fourth-order valence-corrected chi connectivity index (χ4v) is 2.29. The molecule has 0 saturated carbocycles. The SMILES string of the molecule is Cc1ccc(C(C)(C)CNCCN)c(C)c1C. The molecular weight excluding hydrogens is 208 g/mol. The van der Waals surface area contributed by atoms with Crippen molar-refractivity contribution in [2.24, 2.45) is 5.73 Å². The molecule has 1 rings (SSSR count). The largest absolute Gasteiger partial charge is 0.329 e. The molecule has 0 radical (unpaired) electrons. The monoisotopic (exact) mass is 234 g/mol. The van der Waals surface area contributed by atoms with Crippen molar-refractivity contribution in [1.82, 2.24) is 5.32 Å². The first kappa shape index (κ1) is 14.2. The molecular formula is C15H26N2. The van der Waals surface area contributed by atoms with E-state index < -0.39 is 0 Å². The van der Waals surface area contributed by atoms with Gasteiger partial charge in [-0.05, 0) is 43.0 Å². The highest BCUT2D eigenvalue weighted by Gasteiger charge is 2.22. The van der Waals surface area contributed by atoms with Crippen molar-refractivity contribution in [2.45, 2.75) is 40.0 Å². The van der Waals surface area contributed by atoms with Gasteiger partial charge in [-0.3, -0.25) is 0 Å². The molecule has 1 aromatic carbocycles. The molecule has 0 aliphatic carbocycles. The van der Waals surface area contributed by atoms with Crippen LogP contribution in [0.2, 0.25) is 0 Å². The molecule has 0 unspecified atom stereocenters. The van der Waals surface area contributed by atoms with Crippen LogP contribution in [0, 0.1) is 20.8 Å². The zero-order valence-electron chi connectivity index (χ0n) is 11.9. The number of rotatable bonds is 5. The number of hydrogen-bond acceptors (Lipinski definition) is 2. The van der Waals surface area contributed by atoms with Gasteiger partial charge in [0.2, 0.25) is 0 Å². The van der Waals surface area contributed by atoms with Crippen molar-refractivity contribution in [1.29, 1.82) is 0 Å². The third kappa shape index (κ3) is 3.30. The predicted octanol–water partition coefficient (Wildman–Crippen LogP) is 2.44. The molecule has 0 aromatic heterocycles. The van der Waals surface area contributed by atoms with Crippen LogP contribution in [0.4, 0.5) is 0 Å². The first-order chi connectivity index (χ1) is 7.90. The predicted molar refractivity (Wildman–Crippen MR) is 75.6 cm³/mol. The van der Waals surface area contributed by atoms with E-state index in [-0.39, 0.29) is 5.41 Å². The Morgan fingerprint density at radius 1 is 1.12 bits per heavy atom. The van der Waals surface area contributed by atoms with Crippen LogP contribution in [0.15, 0.2) is 12.1 Å². The molecule has 0 saturated heterocycles. The number of benzene rings is 1. The van der Waals surface area contributed by atoms with Crippen LogP contribution >= 0.6 is 0 Å². The Morgan fingerprint density at radius 3 is 2.35 bits per heavy atom. The second-order valence-corrected chi connectivity index (χ2v) is 5.53. The smallest absolute Gasteiger partial charge is 0.00748 e. The molecule has 96 valence electrons. The maximum atomic E-state index is 5.51. The van der Waals surface area contributed by atoms with Gasteiger partial charge in [-0.15, -0.1) is 0 Å². The van der Waals surface area contributed by atoms with Crippen molar-refractivity contribution in [3.8, 4) is 0 Å². The second-order valence-electron chi connectivity index (χ2n) is 5.53. The lowest BCUT2D eigenvalue weighted by molar-refractivity contribution is 0.471. The molecule has 0 heterocycles. The van der Waals surface area contributed by atoms with Gasteiger partial charge in [0.15, 0.2) is 0 Å². The standard InChI is InChI=1S/C15H26N2/c1-11-6-7-14(13(3)12(11)2)15(4,5)10-17-9-8-16/h6-7,17H,8-10,16H2,1-5H3. The highest BCUT2D eigenvalue weighted by molar-refractivity contribution is 5.42. The van der Waals surface area contributed by atoms with E-state index in [0.29, 0.717) is 6.54 Å². The Bertz CT molecular complexity index is 381. The summed E-state index contributed by atoms with van der Waals surface area (Å²) in [4.78, 5) is 0. The first-order valence-corrected chi connectivity index (χ1v) is 6.38. The highest BCUT2D eigenvalue weighted by atomic mass is 14.9. The minimum atomic E-state index is 0.151. The molecule has 0 spiro atoms. The van der Waals surface area contributed by atoms with Crippen LogP contribution in [-0.2, 0) is 5.41 Å². The molecule has 3 N–H and O–H groups in total. The van der Waals surface area contributed by atoms with Gasteiger partial charge in [-0.1, -0.05) is 26.0 Å². The second kappa shape index (κ2) is 5.65. The van der Waals surface area contributed by atoms with Crippen LogP contribution < -0.4 is 11.1 Å². The maximum absolute atomic E-state index is 5.51. The van der Waals surface area contributed by atoms with E-state index in [0.717, 1.165) is 13.1 Å². The third-order valence-electron chi connectivity index (χ3n) is 3.68. The lowest BCUT2D eigenvalue weighted by atomic mass is 9.80. The molecule has 2 nitrogen and oxygen atoms in total. The Morgan fingerprint density at radius 2 is 1.76 bits per heavy atom. The van der Waals surface area contributed by atoms with Crippen molar-refractivity contribution >= 4 is 0 Å². The van der Waals surface area contributed by atoms with E-state index in [1.54, 1.807) is 0 Å². The molecule has 17 heavy (non-hydrogen) atoms. The fourth-order valence-electron chi connectivity index (χ4n) is 2.29. The number of aryl methyl sites for hydroxylation is 1. The van der Waals surface area contributed by atoms with Gasteiger partial charge in [0.05, 0.1) is 0 Å². The van der Waals surface area contributed by atoms with E-state index in [2.05, 4.69) is 52.1 Å². The minimum absolute atomic E-state index is 0.151. The Hall–Kier alpha value is -0.860. The number of nitrogens with two attached hydrogens (primary N) is 1.